The minimum Gasteiger partial charge on any atom is -0.339 e. The summed E-state index contributed by atoms with van der Waals surface area (Å²) in [5, 5.41) is 5.29. The molecule has 0 spiro atoms. The molecule has 4 aromatic heterocycles. The van der Waals surface area contributed by atoms with Crippen molar-refractivity contribution in [3.63, 3.8) is 0 Å². The van der Waals surface area contributed by atoms with Crippen LogP contribution < -0.4 is 5.32 Å². The number of rotatable bonds is 6. The van der Waals surface area contributed by atoms with Crippen molar-refractivity contribution in [3.8, 4) is 0 Å². The Morgan fingerprint density at radius 1 is 1.07 bits per heavy atom. The van der Waals surface area contributed by atoms with Gasteiger partial charge in [0.25, 0.3) is 5.91 Å². The van der Waals surface area contributed by atoms with Crippen LogP contribution in [0, 0.1) is 0 Å². The van der Waals surface area contributed by atoms with Crippen molar-refractivity contribution in [1.29, 1.82) is 0 Å². The number of hydrogen-bond donors (Lipinski definition) is 1. The molecule has 4 heterocycles. The number of carbonyl (C=O) groups excluding carboxylic acids is 1. The van der Waals surface area contributed by atoms with Crippen LogP contribution in [-0.4, -0.2) is 30.4 Å². The summed E-state index contributed by atoms with van der Waals surface area (Å²) in [6.45, 7) is 0.600. The third-order valence-corrected chi connectivity index (χ3v) is 4.71. The van der Waals surface area contributed by atoms with E-state index in [1.807, 2.05) is 52.6 Å². The second-order valence-electron chi connectivity index (χ2n) is 5.88. The molecule has 0 saturated carbocycles. The van der Waals surface area contributed by atoms with Crippen molar-refractivity contribution in [2.75, 3.05) is 5.32 Å². The highest BCUT2D eigenvalue weighted by molar-refractivity contribution is 7.14. The first-order valence-corrected chi connectivity index (χ1v) is 9.41. The molecule has 0 aliphatic carbocycles. The van der Waals surface area contributed by atoms with Gasteiger partial charge in [0.05, 0.1) is 11.4 Å². The van der Waals surface area contributed by atoms with Crippen molar-refractivity contribution in [3.05, 3.63) is 89.5 Å². The van der Waals surface area contributed by atoms with Gasteiger partial charge in [-0.3, -0.25) is 15.1 Å². The molecule has 4 aromatic rings. The molecule has 0 bridgehead atoms. The normalized spacial score (nSPS) is 11.0. The van der Waals surface area contributed by atoms with Crippen LogP contribution in [0.15, 0.2) is 66.8 Å². The number of hydrogen-bond acceptors (Lipinski definition) is 6. The summed E-state index contributed by atoms with van der Waals surface area (Å²) in [5.41, 5.74) is 3.20. The summed E-state index contributed by atoms with van der Waals surface area (Å²) in [7, 11) is 0. The highest BCUT2D eigenvalue weighted by Gasteiger charge is 2.13. The average molecular weight is 388 g/mol. The minimum atomic E-state index is -0.195. The van der Waals surface area contributed by atoms with E-state index < -0.39 is 0 Å². The van der Waals surface area contributed by atoms with E-state index >= 15 is 0 Å². The number of nitrogens with zero attached hydrogens (tertiary/aromatic N) is 5. The lowest BCUT2D eigenvalue weighted by atomic mass is 10.2. The number of pyridine rings is 1. The van der Waals surface area contributed by atoms with Gasteiger partial charge in [-0.05, 0) is 48.0 Å². The van der Waals surface area contributed by atoms with Crippen LogP contribution in [0.25, 0.3) is 12.2 Å². The van der Waals surface area contributed by atoms with Crippen molar-refractivity contribution in [2.24, 2.45) is 0 Å². The van der Waals surface area contributed by atoms with Crippen LogP contribution in [0.1, 0.15) is 27.4 Å². The Labute approximate surface area is 165 Å². The molecule has 1 N–H and O–H groups in total. The molecule has 0 atom stereocenters. The molecule has 0 aromatic carbocycles. The summed E-state index contributed by atoms with van der Waals surface area (Å²) < 4.78 is 1.90. The Balaban J connectivity index is 1.43. The van der Waals surface area contributed by atoms with E-state index in [9.17, 15) is 4.79 Å². The van der Waals surface area contributed by atoms with Gasteiger partial charge in [0, 0.05) is 36.7 Å². The molecule has 0 unspecified atom stereocenters. The third kappa shape index (κ3) is 4.36. The Morgan fingerprint density at radius 3 is 2.71 bits per heavy atom. The van der Waals surface area contributed by atoms with Gasteiger partial charge in [-0.15, -0.1) is 11.3 Å². The van der Waals surface area contributed by atoms with Gasteiger partial charge in [-0.2, -0.15) is 0 Å². The van der Waals surface area contributed by atoms with Crippen molar-refractivity contribution in [2.45, 2.75) is 6.54 Å². The number of nitrogens with one attached hydrogen (secondary N) is 1. The van der Waals surface area contributed by atoms with E-state index in [2.05, 4.69) is 25.3 Å². The van der Waals surface area contributed by atoms with E-state index in [1.54, 1.807) is 24.7 Å². The second kappa shape index (κ2) is 8.36. The summed E-state index contributed by atoms with van der Waals surface area (Å²) in [4.78, 5) is 29.1. The number of amides is 1. The predicted molar refractivity (Wildman–Crippen MR) is 109 cm³/mol. The van der Waals surface area contributed by atoms with Gasteiger partial charge >= 0.3 is 0 Å². The zero-order valence-corrected chi connectivity index (χ0v) is 15.6. The van der Waals surface area contributed by atoms with E-state index in [0.29, 0.717) is 17.4 Å². The number of anilines is 1. The molecule has 0 saturated heterocycles. The fourth-order valence-corrected chi connectivity index (χ4v) is 3.27. The molecule has 0 fully saturated rings. The van der Waals surface area contributed by atoms with Crippen LogP contribution >= 0.6 is 11.3 Å². The Bertz CT molecular complexity index is 1090. The van der Waals surface area contributed by atoms with Crippen molar-refractivity contribution < 1.29 is 4.79 Å². The fourth-order valence-electron chi connectivity index (χ4n) is 2.59. The van der Waals surface area contributed by atoms with Crippen LogP contribution in [0.5, 0.6) is 0 Å². The molecule has 0 aliphatic rings. The van der Waals surface area contributed by atoms with E-state index in [0.717, 1.165) is 17.0 Å². The van der Waals surface area contributed by atoms with Gasteiger partial charge in [0.1, 0.15) is 12.0 Å². The maximum atomic E-state index is 12.7. The lowest BCUT2D eigenvalue weighted by Crippen LogP contribution is -2.17. The molecule has 8 heteroatoms. The lowest BCUT2D eigenvalue weighted by Gasteiger charge is -2.08. The van der Waals surface area contributed by atoms with Crippen LogP contribution in [-0.2, 0) is 6.54 Å². The topological polar surface area (TPSA) is 85.6 Å². The standard InChI is InChI=1S/C20H16N6OS/c27-19(18-2-1-11-26(18)12-15-5-8-21-9-6-15)25-20-24-17(13-28-20)4-3-16-7-10-22-14-23-16/h1-11,13-14H,12H2,(H,24,25,27). The molecule has 4 rings (SSSR count). The van der Waals surface area contributed by atoms with Gasteiger partial charge in [0.15, 0.2) is 5.13 Å². The zero-order valence-electron chi connectivity index (χ0n) is 14.8. The molecule has 7 nitrogen and oxygen atoms in total. The number of aromatic nitrogens is 5. The fraction of sp³-hybridized carbons (Fsp3) is 0.0500. The lowest BCUT2D eigenvalue weighted by molar-refractivity contribution is 0.101. The molecule has 28 heavy (non-hydrogen) atoms. The van der Waals surface area contributed by atoms with Gasteiger partial charge in [-0.25, -0.2) is 15.0 Å². The number of thiazole rings is 1. The number of carbonyl (C=O) groups is 1. The van der Waals surface area contributed by atoms with Crippen LogP contribution in [0.3, 0.4) is 0 Å². The summed E-state index contributed by atoms with van der Waals surface area (Å²) >= 11 is 1.38. The SMILES string of the molecule is O=C(Nc1nc(C=Cc2ccncn2)cs1)c1cccn1Cc1ccncc1. The first-order chi connectivity index (χ1) is 13.8. The summed E-state index contributed by atoms with van der Waals surface area (Å²) in [6, 6.07) is 9.31. The monoisotopic (exact) mass is 388 g/mol. The molecule has 138 valence electrons. The molecule has 0 radical (unpaired) electrons. The molecular weight excluding hydrogens is 372 g/mol. The smallest absolute Gasteiger partial charge is 0.274 e. The van der Waals surface area contributed by atoms with E-state index in [4.69, 9.17) is 0 Å². The van der Waals surface area contributed by atoms with E-state index in [1.165, 1.54) is 17.7 Å². The second-order valence-corrected chi connectivity index (χ2v) is 6.73. The summed E-state index contributed by atoms with van der Waals surface area (Å²) in [6.07, 6.45) is 12.2. The minimum absolute atomic E-state index is 0.195. The van der Waals surface area contributed by atoms with Crippen LogP contribution in [0.4, 0.5) is 5.13 Å². The van der Waals surface area contributed by atoms with E-state index in [-0.39, 0.29) is 5.91 Å². The predicted octanol–water partition coefficient (Wildman–Crippen LogP) is 3.60. The largest absolute Gasteiger partial charge is 0.339 e. The molecule has 1 amide bonds. The van der Waals surface area contributed by atoms with Gasteiger partial charge in [0.2, 0.25) is 0 Å². The first kappa shape index (κ1) is 17.7. The quantitative estimate of drug-likeness (QED) is 0.545. The average Bonchev–Trinajstić information content (AvgIpc) is 3.37. The van der Waals surface area contributed by atoms with Gasteiger partial charge in [-0.1, -0.05) is 0 Å². The third-order valence-electron chi connectivity index (χ3n) is 3.94. The van der Waals surface area contributed by atoms with Crippen molar-refractivity contribution in [1.82, 2.24) is 24.5 Å². The summed E-state index contributed by atoms with van der Waals surface area (Å²) in [5.74, 6) is -0.195. The first-order valence-electron chi connectivity index (χ1n) is 8.53. The highest BCUT2D eigenvalue weighted by Crippen LogP contribution is 2.18. The Hall–Kier alpha value is -3.65. The van der Waals surface area contributed by atoms with Gasteiger partial charge < -0.3 is 4.57 Å². The molecular formula is C20H16N6OS. The Kier molecular flexibility index (Phi) is 5.30. The van der Waals surface area contributed by atoms with Crippen LogP contribution in [0.2, 0.25) is 0 Å². The van der Waals surface area contributed by atoms with Crippen molar-refractivity contribution >= 4 is 34.5 Å². The highest BCUT2D eigenvalue weighted by atomic mass is 32.1. The molecule has 0 aliphatic heterocycles. The Morgan fingerprint density at radius 2 is 1.89 bits per heavy atom. The zero-order chi connectivity index (χ0) is 19.2. The maximum absolute atomic E-state index is 12.7. The maximum Gasteiger partial charge on any atom is 0.274 e.